The summed E-state index contributed by atoms with van der Waals surface area (Å²) in [5, 5.41) is 3.68. The summed E-state index contributed by atoms with van der Waals surface area (Å²) in [6.07, 6.45) is 9.45. The van der Waals surface area contributed by atoms with E-state index in [-0.39, 0.29) is 0 Å². The molecular weight excluding hydrogens is 250 g/mol. The lowest BCUT2D eigenvalue weighted by atomic mass is 10.1. The SMILES string of the molecule is CCN(C(=O)CN1CCC2CCC(C1)N2)C1=CCCC1. The van der Waals surface area contributed by atoms with Gasteiger partial charge in [-0.2, -0.15) is 0 Å². The number of allylic oxidation sites excluding steroid dienone is 2. The van der Waals surface area contributed by atoms with Gasteiger partial charge in [0.15, 0.2) is 0 Å². The van der Waals surface area contributed by atoms with Gasteiger partial charge >= 0.3 is 0 Å². The first-order chi connectivity index (χ1) is 9.76. The van der Waals surface area contributed by atoms with Crippen molar-refractivity contribution < 1.29 is 4.79 Å². The van der Waals surface area contributed by atoms with Crippen molar-refractivity contribution in [2.45, 2.75) is 57.5 Å². The van der Waals surface area contributed by atoms with Crippen LogP contribution in [-0.4, -0.2) is 54.0 Å². The van der Waals surface area contributed by atoms with Crippen LogP contribution in [0.25, 0.3) is 0 Å². The van der Waals surface area contributed by atoms with Crippen molar-refractivity contribution in [2.24, 2.45) is 0 Å². The third-order valence-corrected chi connectivity index (χ3v) is 4.95. The summed E-state index contributed by atoms with van der Waals surface area (Å²) in [5.41, 5.74) is 1.26. The minimum Gasteiger partial charge on any atom is -0.316 e. The van der Waals surface area contributed by atoms with Crippen LogP contribution in [0, 0.1) is 0 Å². The van der Waals surface area contributed by atoms with E-state index in [4.69, 9.17) is 0 Å². The molecule has 1 aliphatic carbocycles. The van der Waals surface area contributed by atoms with Crippen LogP contribution in [0.2, 0.25) is 0 Å². The van der Waals surface area contributed by atoms with Crippen LogP contribution >= 0.6 is 0 Å². The van der Waals surface area contributed by atoms with Crippen molar-refractivity contribution in [1.82, 2.24) is 15.1 Å². The lowest BCUT2D eigenvalue weighted by Gasteiger charge is -2.28. The van der Waals surface area contributed by atoms with Crippen LogP contribution in [0.5, 0.6) is 0 Å². The average Bonchev–Trinajstić information content (AvgIpc) is 3.03. The maximum absolute atomic E-state index is 12.6. The topological polar surface area (TPSA) is 35.6 Å². The molecule has 0 saturated carbocycles. The number of nitrogens with one attached hydrogen (secondary N) is 1. The van der Waals surface area contributed by atoms with Gasteiger partial charge in [-0.3, -0.25) is 9.69 Å². The Morgan fingerprint density at radius 2 is 2.25 bits per heavy atom. The third kappa shape index (κ3) is 3.07. The van der Waals surface area contributed by atoms with E-state index in [0.717, 1.165) is 32.5 Å². The molecule has 0 spiro atoms. The largest absolute Gasteiger partial charge is 0.316 e. The molecule has 2 fully saturated rings. The molecule has 112 valence electrons. The third-order valence-electron chi connectivity index (χ3n) is 4.95. The van der Waals surface area contributed by atoms with Crippen LogP contribution in [-0.2, 0) is 4.79 Å². The van der Waals surface area contributed by atoms with E-state index in [1.807, 2.05) is 4.90 Å². The maximum atomic E-state index is 12.6. The Bertz CT molecular complexity index is 393. The molecule has 1 amide bonds. The van der Waals surface area contributed by atoms with E-state index in [2.05, 4.69) is 23.2 Å². The second kappa shape index (κ2) is 6.27. The summed E-state index contributed by atoms with van der Waals surface area (Å²) in [6, 6.07) is 1.30. The Kier molecular flexibility index (Phi) is 4.41. The first kappa shape index (κ1) is 14.1. The molecule has 3 rings (SSSR count). The van der Waals surface area contributed by atoms with Crippen molar-refractivity contribution in [3.05, 3.63) is 11.8 Å². The number of likely N-dealkylation sites (N-methyl/N-ethyl adjacent to an activating group) is 1. The zero-order valence-electron chi connectivity index (χ0n) is 12.6. The van der Waals surface area contributed by atoms with Gasteiger partial charge in [0.25, 0.3) is 0 Å². The Labute approximate surface area is 122 Å². The molecule has 0 radical (unpaired) electrons. The summed E-state index contributed by atoms with van der Waals surface area (Å²) in [4.78, 5) is 16.9. The molecule has 4 heteroatoms. The number of nitrogens with zero attached hydrogens (tertiary/aromatic N) is 2. The molecule has 1 N–H and O–H groups in total. The fraction of sp³-hybridized carbons (Fsp3) is 0.812. The standard InChI is InChI=1S/C16H27N3O/c1-2-19(15-5-3-4-6-15)16(20)12-18-10-9-13-7-8-14(11-18)17-13/h5,13-14,17H,2-4,6-12H2,1H3. The minimum absolute atomic E-state index is 0.290. The van der Waals surface area contributed by atoms with Crippen molar-refractivity contribution in [2.75, 3.05) is 26.2 Å². The van der Waals surface area contributed by atoms with Crippen LogP contribution < -0.4 is 5.32 Å². The summed E-state index contributed by atoms with van der Waals surface area (Å²) in [5.74, 6) is 0.290. The molecule has 0 aromatic heterocycles. The lowest BCUT2D eigenvalue weighted by molar-refractivity contribution is -0.130. The molecule has 20 heavy (non-hydrogen) atoms. The van der Waals surface area contributed by atoms with Crippen LogP contribution in [0.15, 0.2) is 11.8 Å². The summed E-state index contributed by atoms with van der Waals surface area (Å²) >= 11 is 0. The molecular formula is C16H27N3O. The smallest absolute Gasteiger partial charge is 0.240 e. The second-order valence-electron chi connectivity index (χ2n) is 6.39. The second-order valence-corrected chi connectivity index (χ2v) is 6.39. The Balaban J connectivity index is 1.57. The number of rotatable bonds is 4. The number of hydrogen-bond donors (Lipinski definition) is 1. The number of carbonyl (C=O) groups is 1. The highest BCUT2D eigenvalue weighted by atomic mass is 16.2. The number of amides is 1. The fourth-order valence-corrected chi connectivity index (χ4v) is 3.87. The van der Waals surface area contributed by atoms with Gasteiger partial charge in [-0.05, 0) is 45.4 Å². The van der Waals surface area contributed by atoms with Crippen LogP contribution in [0.4, 0.5) is 0 Å². The monoisotopic (exact) mass is 277 g/mol. The normalized spacial score (nSPS) is 30.1. The molecule has 2 heterocycles. The maximum Gasteiger partial charge on any atom is 0.240 e. The van der Waals surface area contributed by atoms with E-state index in [0.29, 0.717) is 24.5 Å². The van der Waals surface area contributed by atoms with Gasteiger partial charge in [0.1, 0.15) is 0 Å². The summed E-state index contributed by atoms with van der Waals surface area (Å²) < 4.78 is 0. The van der Waals surface area contributed by atoms with Crippen LogP contribution in [0.3, 0.4) is 0 Å². The summed E-state index contributed by atoms with van der Waals surface area (Å²) in [7, 11) is 0. The Morgan fingerprint density at radius 3 is 3.00 bits per heavy atom. The Morgan fingerprint density at radius 1 is 1.40 bits per heavy atom. The van der Waals surface area contributed by atoms with Crippen molar-refractivity contribution in [1.29, 1.82) is 0 Å². The van der Waals surface area contributed by atoms with Gasteiger partial charge < -0.3 is 10.2 Å². The molecule has 3 aliphatic rings. The Hall–Kier alpha value is -0.870. The molecule has 0 aromatic carbocycles. The van der Waals surface area contributed by atoms with Crippen molar-refractivity contribution in [3.63, 3.8) is 0 Å². The molecule has 2 aliphatic heterocycles. The van der Waals surface area contributed by atoms with E-state index < -0.39 is 0 Å². The fourth-order valence-electron chi connectivity index (χ4n) is 3.87. The molecule has 0 aromatic rings. The van der Waals surface area contributed by atoms with Gasteiger partial charge in [-0.25, -0.2) is 0 Å². The highest BCUT2D eigenvalue weighted by Crippen LogP contribution is 2.23. The van der Waals surface area contributed by atoms with E-state index in [1.165, 1.54) is 31.4 Å². The zero-order chi connectivity index (χ0) is 13.9. The predicted molar refractivity (Wildman–Crippen MR) is 80.3 cm³/mol. The lowest BCUT2D eigenvalue weighted by Crippen LogP contribution is -2.43. The van der Waals surface area contributed by atoms with E-state index in [9.17, 15) is 4.79 Å². The number of likely N-dealkylation sites (tertiary alicyclic amines) is 1. The number of fused-ring (bicyclic) bond motifs is 2. The van der Waals surface area contributed by atoms with Crippen LogP contribution in [0.1, 0.15) is 45.4 Å². The van der Waals surface area contributed by atoms with E-state index >= 15 is 0 Å². The van der Waals surface area contributed by atoms with Gasteiger partial charge in [-0.15, -0.1) is 0 Å². The predicted octanol–water partition coefficient (Wildman–Crippen LogP) is 1.73. The first-order valence-corrected chi connectivity index (χ1v) is 8.24. The van der Waals surface area contributed by atoms with Crippen molar-refractivity contribution in [3.8, 4) is 0 Å². The molecule has 2 bridgehead atoms. The molecule has 4 nitrogen and oxygen atoms in total. The quantitative estimate of drug-likeness (QED) is 0.850. The molecule has 2 unspecified atom stereocenters. The van der Waals surface area contributed by atoms with Crippen molar-refractivity contribution >= 4 is 5.91 Å². The summed E-state index contributed by atoms with van der Waals surface area (Å²) in [6.45, 7) is 5.59. The highest BCUT2D eigenvalue weighted by Gasteiger charge is 2.30. The van der Waals surface area contributed by atoms with Gasteiger partial charge in [-0.1, -0.05) is 6.08 Å². The highest BCUT2D eigenvalue weighted by molar-refractivity contribution is 5.80. The number of carbonyl (C=O) groups excluding carboxylic acids is 1. The van der Waals surface area contributed by atoms with Gasteiger partial charge in [0, 0.05) is 37.4 Å². The van der Waals surface area contributed by atoms with E-state index in [1.54, 1.807) is 0 Å². The first-order valence-electron chi connectivity index (χ1n) is 8.24. The van der Waals surface area contributed by atoms with Gasteiger partial charge in [0.05, 0.1) is 6.54 Å². The van der Waals surface area contributed by atoms with Gasteiger partial charge in [0.2, 0.25) is 5.91 Å². The zero-order valence-corrected chi connectivity index (χ0v) is 12.6. The molecule has 2 saturated heterocycles. The molecule has 2 atom stereocenters. The minimum atomic E-state index is 0.290. The number of hydrogen-bond acceptors (Lipinski definition) is 3. The average molecular weight is 277 g/mol.